The van der Waals surface area contributed by atoms with Crippen LogP contribution in [0, 0.1) is 0 Å². The fraction of sp³-hybridized carbons (Fsp3) is 0.562. The first kappa shape index (κ1) is 14.2. The van der Waals surface area contributed by atoms with Crippen LogP contribution in [0.4, 0.5) is 0 Å². The van der Waals surface area contributed by atoms with Gasteiger partial charge in [0.1, 0.15) is 12.7 Å². The molecular weight excluding hydrogens is 268 g/mol. The molecule has 21 heavy (non-hydrogen) atoms. The van der Waals surface area contributed by atoms with Crippen molar-refractivity contribution in [1.29, 1.82) is 0 Å². The molecule has 0 saturated carbocycles. The molecule has 2 atom stereocenters. The van der Waals surface area contributed by atoms with Crippen LogP contribution in [-0.2, 0) is 4.79 Å². The fourth-order valence-electron chi connectivity index (χ4n) is 2.82. The Hall–Kier alpha value is -1.75. The van der Waals surface area contributed by atoms with Crippen LogP contribution in [0.5, 0.6) is 11.5 Å². The van der Waals surface area contributed by atoms with Crippen LogP contribution < -0.4 is 14.8 Å². The van der Waals surface area contributed by atoms with Crippen LogP contribution in [0.3, 0.4) is 0 Å². The van der Waals surface area contributed by atoms with Crippen molar-refractivity contribution in [2.75, 3.05) is 26.2 Å². The molecule has 2 aliphatic heterocycles. The fourth-order valence-corrected chi connectivity index (χ4v) is 2.82. The zero-order valence-electron chi connectivity index (χ0n) is 12.4. The molecule has 1 aromatic carbocycles. The summed E-state index contributed by atoms with van der Waals surface area (Å²) in [6.07, 6.45) is 2.25. The lowest BCUT2D eigenvalue weighted by atomic mass is 10.2. The van der Waals surface area contributed by atoms with E-state index in [0.717, 1.165) is 24.6 Å². The maximum Gasteiger partial charge on any atom is 0.237 e. The molecule has 1 saturated heterocycles. The Labute approximate surface area is 125 Å². The summed E-state index contributed by atoms with van der Waals surface area (Å²) in [5, 5.41) is 2.97. The molecule has 0 radical (unpaired) electrons. The summed E-state index contributed by atoms with van der Waals surface area (Å²) in [5.41, 5.74) is 0. The average molecular weight is 290 g/mol. The summed E-state index contributed by atoms with van der Waals surface area (Å²) < 4.78 is 11.5. The van der Waals surface area contributed by atoms with E-state index in [4.69, 9.17) is 9.47 Å². The van der Waals surface area contributed by atoms with Crippen LogP contribution in [-0.4, -0.2) is 49.2 Å². The Morgan fingerprint density at radius 1 is 1.33 bits per heavy atom. The maximum absolute atomic E-state index is 12.2. The van der Waals surface area contributed by atoms with Crippen LogP contribution in [0.1, 0.15) is 19.8 Å². The zero-order valence-corrected chi connectivity index (χ0v) is 12.4. The number of rotatable bonds is 4. The summed E-state index contributed by atoms with van der Waals surface area (Å²) in [5.74, 6) is 1.58. The van der Waals surface area contributed by atoms with Crippen molar-refractivity contribution in [3.63, 3.8) is 0 Å². The summed E-state index contributed by atoms with van der Waals surface area (Å²) in [6.45, 7) is 4.95. The molecule has 5 heteroatoms. The van der Waals surface area contributed by atoms with Gasteiger partial charge in [0.25, 0.3) is 0 Å². The van der Waals surface area contributed by atoms with Gasteiger partial charge in [-0.3, -0.25) is 9.69 Å². The van der Waals surface area contributed by atoms with Gasteiger partial charge >= 0.3 is 0 Å². The minimum atomic E-state index is -0.130. The van der Waals surface area contributed by atoms with E-state index in [0.29, 0.717) is 13.2 Å². The molecule has 0 bridgehead atoms. The van der Waals surface area contributed by atoms with Gasteiger partial charge in [0.05, 0.1) is 12.6 Å². The van der Waals surface area contributed by atoms with Crippen LogP contribution in [0.25, 0.3) is 0 Å². The molecule has 2 aliphatic rings. The van der Waals surface area contributed by atoms with Crippen LogP contribution in [0.2, 0.25) is 0 Å². The van der Waals surface area contributed by atoms with Crippen molar-refractivity contribution < 1.29 is 14.3 Å². The second kappa shape index (κ2) is 6.35. The number of hydrogen-bond acceptors (Lipinski definition) is 4. The molecule has 5 nitrogen and oxygen atoms in total. The number of carbonyl (C=O) groups excluding carboxylic acids is 1. The number of likely N-dealkylation sites (tertiary alicyclic amines) is 1. The number of nitrogens with zero attached hydrogens (tertiary/aromatic N) is 1. The Morgan fingerprint density at radius 2 is 2.05 bits per heavy atom. The third-order valence-corrected chi connectivity index (χ3v) is 4.14. The summed E-state index contributed by atoms with van der Waals surface area (Å²) in [6, 6.07) is 7.54. The number of carbonyl (C=O) groups is 1. The van der Waals surface area contributed by atoms with Crippen molar-refractivity contribution in [2.24, 2.45) is 0 Å². The first-order valence-corrected chi connectivity index (χ1v) is 7.64. The lowest BCUT2D eigenvalue weighted by molar-refractivity contribution is -0.126. The highest BCUT2D eigenvalue weighted by molar-refractivity contribution is 5.81. The third-order valence-electron chi connectivity index (χ3n) is 4.14. The van der Waals surface area contributed by atoms with Crippen molar-refractivity contribution >= 4 is 5.91 Å². The minimum absolute atomic E-state index is 0.0655. The first-order valence-electron chi connectivity index (χ1n) is 7.64. The molecule has 1 fully saturated rings. The van der Waals surface area contributed by atoms with E-state index in [2.05, 4.69) is 10.2 Å². The highest BCUT2D eigenvalue weighted by Crippen LogP contribution is 2.30. The highest BCUT2D eigenvalue weighted by Gasteiger charge is 2.26. The van der Waals surface area contributed by atoms with Crippen molar-refractivity contribution in [2.45, 2.75) is 31.9 Å². The second-order valence-electron chi connectivity index (χ2n) is 5.66. The topological polar surface area (TPSA) is 50.8 Å². The molecule has 0 unspecified atom stereocenters. The van der Waals surface area contributed by atoms with E-state index < -0.39 is 0 Å². The molecule has 0 aliphatic carbocycles. The molecule has 3 rings (SSSR count). The van der Waals surface area contributed by atoms with Crippen LogP contribution >= 0.6 is 0 Å². The van der Waals surface area contributed by atoms with Crippen molar-refractivity contribution in [3.05, 3.63) is 24.3 Å². The van der Waals surface area contributed by atoms with E-state index in [9.17, 15) is 4.79 Å². The Kier molecular flexibility index (Phi) is 4.29. The first-order chi connectivity index (χ1) is 10.2. The quantitative estimate of drug-likeness (QED) is 0.911. The van der Waals surface area contributed by atoms with E-state index >= 15 is 0 Å². The lowest BCUT2D eigenvalue weighted by Crippen LogP contribution is -2.48. The summed E-state index contributed by atoms with van der Waals surface area (Å²) in [7, 11) is 0. The SMILES string of the molecule is C[C@@H](C(=O)NC[C@@H]1COc2ccccc2O1)N1CCCC1. The molecular formula is C16H22N2O3. The number of fused-ring (bicyclic) bond motifs is 1. The van der Waals surface area contributed by atoms with E-state index in [1.54, 1.807) is 0 Å². The van der Waals surface area contributed by atoms with E-state index in [1.807, 2.05) is 31.2 Å². The predicted molar refractivity (Wildman–Crippen MR) is 79.6 cm³/mol. The third kappa shape index (κ3) is 3.29. The smallest absolute Gasteiger partial charge is 0.237 e. The van der Waals surface area contributed by atoms with Gasteiger partial charge in [-0.1, -0.05) is 12.1 Å². The molecule has 1 amide bonds. The highest BCUT2D eigenvalue weighted by atomic mass is 16.6. The largest absolute Gasteiger partial charge is 0.486 e. The maximum atomic E-state index is 12.2. The number of nitrogens with one attached hydrogen (secondary N) is 1. The zero-order chi connectivity index (χ0) is 14.7. The number of hydrogen-bond donors (Lipinski definition) is 1. The molecule has 0 spiro atoms. The Bertz CT molecular complexity index is 500. The van der Waals surface area contributed by atoms with Gasteiger partial charge in [0.15, 0.2) is 11.5 Å². The van der Waals surface area contributed by atoms with Crippen LogP contribution in [0.15, 0.2) is 24.3 Å². The molecule has 1 N–H and O–H groups in total. The molecule has 1 aromatic rings. The standard InChI is InChI=1S/C16H22N2O3/c1-12(18-8-4-5-9-18)16(19)17-10-13-11-20-14-6-2-3-7-15(14)21-13/h2-3,6-7,12-13H,4-5,8-11H2,1H3,(H,17,19)/t12-,13+/m0/s1. The van der Waals surface area contributed by atoms with Crippen molar-refractivity contribution in [3.8, 4) is 11.5 Å². The number of amides is 1. The number of benzene rings is 1. The summed E-state index contributed by atoms with van der Waals surface area (Å²) >= 11 is 0. The lowest BCUT2D eigenvalue weighted by Gasteiger charge is -2.28. The molecule has 0 aromatic heterocycles. The van der Waals surface area contributed by atoms with E-state index in [1.165, 1.54) is 12.8 Å². The van der Waals surface area contributed by atoms with Gasteiger partial charge in [-0.15, -0.1) is 0 Å². The Balaban J connectivity index is 1.48. The Morgan fingerprint density at radius 3 is 2.81 bits per heavy atom. The monoisotopic (exact) mass is 290 g/mol. The summed E-state index contributed by atoms with van der Waals surface area (Å²) in [4.78, 5) is 14.4. The van der Waals surface area contributed by atoms with Gasteiger partial charge in [-0.2, -0.15) is 0 Å². The van der Waals surface area contributed by atoms with E-state index in [-0.39, 0.29) is 18.1 Å². The van der Waals surface area contributed by atoms with Gasteiger partial charge in [0.2, 0.25) is 5.91 Å². The van der Waals surface area contributed by atoms with Crippen molar-refractivity contribution in [1.82, 2.24) is 10.2 Å². The normalized spacial score (nSPS) is 22.8. The van der Waals surface area contributed by atoms with Gasteiger partial charge in [0, 0.05) is 0 Å². The average Bonchev–Trinajstić information content (AvgIpc) is 3.06. The minimum Gasteiger partial charge on any atom is -0.486 e. The number of ether oxygens (including phenoxy) is 2. The predicted octanol–water partition coefficient (Wildman–Crippen LogP) is 1.43. The molecule has 114 valence electrons. The second-order valence-corrected chi connectivity index (χ2v) is 5.66. The number of para-hydroxylation sites is 2. The van der Waals surface area contributed by atoms with Gasteiger partial charge in [-0.25, -0.2) is 0 Å². The molecule has 2 heterocycles. The van der Waals surface area contributed by atoms with Gasteiger partial charge in [-0.05, 0) is 45.0 Å². The van der Waals surface area contributed by atoms with Gasteiger partial charge < -0.3 is 14.8 Å².